The summed E-state index contributed by atoms with van der Waals surface area (Å²) in [5, 5.41) is 12.8. The van der Waals surface area contributed by atoms with Crippen LogP contribution < -0.4 is 20.1 Å². The van der Waals surface area contributed by atoms with Gasteiger partial charge in [0.2, 0.25) is 5.36 Å². The standard InChI is InChI=1S/C39H51N3O11S2/c1-4-41(21-10-26-55(49,50)51)31-15-16-32-29(18-23-53-35(32)28-31)11-8-12-36-39(2,19-9-25-54(46,47)48)33-27-30(38(45)40-20-24-52-3)14-17-34(33)42(36)22-7-5-6-13-37(43)44/h8,11-12,14-18,23,27-28H,4-7,9-10,13,19-22,24-26H2,1-3H3,(H3-,40,43,44,45,46,47,48,49,50,51). The fraction of sp³-hybridized carbons (Fsp3) is 0.462. The van der Waals surface area contributed by atoms with E-state index in [0.29, 0.717) is 69.8 Å². The van der Waals surface area contributed by atoms with Crippen molar-refractivity contribution in [3.05, 3.63) is 88.6 Å². The smallest absolute Gasteiger partial charge is 0.303 e. The lowest BCUT2D eigenvalue weighted by Gasteiger charge is -2.31. The largest absolute Gasteiger partial charge is 0.748 e. The second-order valence-corrected chi connectivity index (χ2v) is 16.8. The molecule has 0 spiro atoms. The van der Waals surface area contributed by atoms with Crippen LogP contribution >= 0.6 is 0 Å². The van der Waals surface area contributed by atoms with Crippen molar-refractivity contribution < 1.29 is 49.8 Å². The lowest BCUT2D eigenvalue weighted by Crippen LogP contribution is -2.31. The van der Waals surface area contributed by atoms with E-state index in [1.807, 2.05) is 73.0 Å². The van der Waals surface area contributed by atoms with Crippen LogP contribution in [0.5, 0.6) is 0 Å². The minimum absolute atomic E-state index is 0.0638. The summed E-state index contributed by atoms with van der Waals surface area (Å²) in [5.74, 6) is -1.40. The number of fused-ring (bicyclic) bond motifs is 2. The zero-order valence-corrected chi connectivity index (χ0v) is 33.2. The highest BCUT2D eigenvalue weighted by Crippen LogP contribution is 2.51. The van der Waals surface area contributed by atoms with E-state index in [-0.39, 0.29) is 30.9 Å². The van der Waals surface area contributed by atoms with E-state index in [1.54, 1.807) is 19.4 Å². The molecular formula is C39H51N3O11S2. The Morgan fingerprint density at radius 3 is 2.51 bits per heavy atom. The SMILES string of the molecule is CC[N+](CCCS(=O)(=O)O)=c1ccc2c(/C=C/C=C3/N(CCCCCC(=O)O)c4ccc(C(=O)NCCOC)cc4C3(C)CCCS(=O)(=O)[O-])ccoc-2c1. The molecule has 0 bridgehead atoms. The molecule has 2 aliphatic heterocycles. The van der Waals surface area contributed by atoms with E-state index < -0.39 is 37.4 Å². The maximum absolute atomic E-state index is 13.1. The van der Waals surface area contributed by atoms with Gasteiger partial charge in [-0.25, -0.2) is 13.0 Å². The molecule has 1 aromatic carbocycles. The van der Waals surface area contributed by atoms with Crippen molar-refractivity contribution in [1.29, 1.82) is 0 Å². The molecule has 4 rings (SSSR count). The second-order valence-electron chi connectivity index (χ2n) is 13.7. The summed E-state index contributed by atoms with van der Waals surface area (Å²) in [7, 11) is -6.99. The summed E-state index contributed by atoms with van der Waals surface area (Å²) >= 11 is 0. The fourth-order valence-corrected chi connectivity index (χ4v) is 7.99. The number of rotatable bonds is 21. The highest BCUT2D eigenvalue weighted by atomic mass is 32.2. The van der Waals surface area contributed by atoms with Gasteiger partial charge < -0.3 is 29.0 Å². The molecule has 3 N–H and O–H groups in total. The predicted molar refractivity (Wildman–Crippen MR) is 209 cm³/mol. The monoisotopic (exact) mass is 801 g/mol. The van der Waals surface area contributed by atoms with E-state index in [4.69, 9.17) is 18.8 Å². The van der Waals surface area contributed by atoms with Gasteiger partial charge >= 0.3 is 5.97 Å². The van der Waals surface area contributed by atoms with Crippen molar-refractivity contribution in [2.45, 2.75) is 64.2 Å². The maximum atomic E-state index is 13.1. The number of hydrogen-bond donors (Lipinski definition) is 3. The van der Waals surface area contributed by atoms with Gasteiger partial charge in [0, 0.05) is 72.8 Å². The maximum Gasteiger partial charge on any atom is 0.303 e. The van der Waals surface area contributed by atoms with Gasteiger partial charge in [0.25, 0.3) is 16.0 Å². The lowest BCUT2D eigenvalue weighted by molar-refractivity contribution is -0.137. The van der Waals surface area contributed by atoms with Gasteiger partial charge in [-0.1, -0.05) is 18.6 Å². The molecule has 1 atom stereocenters. The Bertz CT molecular complexity index is 2140. The Morgan fingerprint density at radius 2 is 1.82 bits per heavy atom. The number of ether oxygens (including phenoxy) is 1. The minimum atomic E-state index is -4.47. The lowest BCUT2D eigenvalue weighted by atomic mass is 9.77. The number of amides is 1. The molecule has 0 saturated heterocycles. The van der Waals surface area contributed by atoms with Crippen LogP contribution in [-0.2, 0) is 35.2 Å². The highest BCUT2D eigenvalue weighted by molar-refractivity contribution is 7.85. The minimum Gasteiger partial charge on any atom is -0.748 e. The van der Waals surface area contributed by atoms with Crippen molar-refractivity contribution in [3.63, 3.8) is 0 Å². The second kappa shape index (κ2) is 19.5. The molecule has 300 valence electrons. The molecule has 1 amide bonds. The number of carbonyl (C=O) groups is 2. The Balaban J connectivity index is 1.75. The third-order valence-corrected chi connectivity index (χ3v) is 11.4. The Hall–Kier alpha value is -4.35. The van der Waals surface area contributed by atoms with Crippen LogP contribution in [-0.4, -0.2) is 94.3 Å². The van der Waals surface area contributed by atoms with Gasteiger partial charge in [-0.2, -0.15) is 8.42 Å². The number of carboxylic acid groups (broad SMARTS) is 1. The Labute approximate surface area is 323 Å². The molecule has 2 heterocycles. The number of anilines is 1. The van der Waals surface area contributed by atoms with Crippen molar-refractivity contribution >= 4 is 43.9 Å². The number of unbranched alkanes of at least 4 members (excludes halogenated alkanes) is 2. The molecule has 16 heteroatoms. The summed E-state index contributed by atoms with van der Waals surface area (Å²) in [4.78, 5) is 26.4. The van der Waals surface area contributed by atoms with Gasteiger partial charge in [0.15, 0.2) is 0 Å². The number of carbonyl (C=O) groups excluding carboxylic acids is 1. The van der Waals surface area contributed by atoms with Crippen molar-refractivity contribution in [1.82, 2.24) is 9.89 Å². The van der Waals surface area contributed by atoms with Gasteiger partial charge in [-0.15, -0.1) is 0 Å². The number of methoxy groups -OCH3 is 1. The van der Waals surface area contributed by atoms with E-state index in [1.165, 1.54) is 0 Å². The number of hydrogen-bond acceptors (Lipinski definition) is 10. The van der Waals surface area contributed by atoms with Crippen LogP contribution in [0.25, 0.3) is 17.4 Å². The van der Waals surface area contributed by atoms with Crippen molar-refractivity contribution in [2.75, 3.05) is 56.3 Å². The molecular weight excluding hydrogens is 751 g/mol. The topological polar surface area (TPSA) is 207 Å². The number of aliphatic carboxylic acids is 1. The molecule has 1 aromatic rings. The summed E-state index contributed by atoms with van der Waals surface area (Å²) in [6.45, 7) is 6.17. The third kappa shape index (κ3) is 12.3. The van der Waals surface area contributed by atoms with Crippen LogP contribution in [0.4, 0.5) is 5.69 Å². The first-order valence-electron chi connectivity index (χ1n) is 18.3. The normalized spacial score (nSPS) is 17.3. The summed E-state index contributed by atoms with van der Waals surface area (Å²) in [6, 6.07) is 13.0. The Morgan fingerprint density at radius 1 is 1.04 bits per heavy atom. The van der Waals surface area contributed by atoms with E-state index in [0.717, 1.165) is 33.4 Å². The molecule has 0 saturated carbocycles. The highest BCUT2D eigenvalue weighted by Gasteiger charge is 2.43. The average Bonchev–Trinajstić information content (AvgIpc) is 3.34. The molecule has 3 aliphatic rings. The van der Waals surface area contributed by atoms with Gasteiger partial charge in [-0.3, -0.25) is 14.1 Å². The molecule has 0 aromatic heterocycles. The van der Waals surface area contributed by atoms with Crippen LogP contribution in [0.2, 0.25) is 0 Å². The summed E-state index contributed by atoms with van der Waals surface area (Å²) in [6.07, 6.45) is 9.95. The molecule has 0 radical (unpaired) electrons. The van der Waals surface area contributed by atoms with Crippen LogP contribution in [0.3, 0.4) is 0 Å². The van der Waals surface area contributed by atoms with Crippen molar-refractivity contribution in [2.24, 2.45) is 0 Å². The van der Waals surface area contributed by atoms with E-state index in [2.05, 4.69) is 10.2 Å². The first-order chi connectivity index (χ1) is 26.1. The average molecular weight is 802 g/mol. The molecule has 14 nitrogen and oxygen atoms in total. The number of benzene rings is 2. The number of nitrogens with one attached hydrogen (secondary N) is 1. The molecule has 1 unspecified atom stereocenters. The number of allylic oxidation sites excluding steroid dienone is 3. The zero-order valence-electron chi connectivity index (χ0n) is 31.5. The first kappa shape index (κ1) is 43.4. The van der Waals surface area contributed by atoms with Gasteiger partial charge in [-0.05, 0) is 87.1 Å². The fourth-order valence-electron chi connectivity index (χ4n) is 7.00. The van der Waals surface area contributed by atoms with Crippen molar-refractivity contribution in [3.8, 4) is 11.3 Å². The van der Waals surface area contributed by atoms with Crippen LogP contribution in [0.15, 0.2) is 71.0 Å². The number of nitrogens with zero attached hydrogens (tertiary/aromatic N) is 2. The van der Waals surface area contributed by atoms with E-state index >= 15 is 0 Å². The zero-order chi connectivity index (χ0) is 40.2. The van der Waals surface area contributed by atoms with Crippen LogP contribution in [0, 0.1) is 0 Å². The predicted octanol–water partition coefficient (Wildman–Crippen LogP) is 4.48. The van der Waals surface area contributed by atoms with Gasteiger partial charge in [0.05, 0.1) is 34.8 Å². The number of carboxylic acids is 1. The Kier molecular flexibility index (Phi) is 15.4. The summed E-state index contributed by atoms with van der Waals surface area (Å²) in [5.41, 5.74) is 3.80. The molecule has 1 aliphatic carbocycles. The molecule has 0 fully saturated rings. The third-order valence-electron chi connectivity index (χ3n) is 9.76. The first-order valence-corrected chi connectivity index (χ1v) is 21.5. The summed E-state index contributed by atoms with van der Waals surface area (Å²) < 4.78 is 79.5. The molecule has 55 heavy (non-hydrogen) atoms. The van der Waals surface area contributed by atoms with E-state index in [9.17, 15) is 31.0 Å². The van der Waals surface area contributed by atoms with Gasteiger partial charge in [0.1, 0.15) is 18.8 Å². The van der Waals surface area contributed by atoms with Crippen LogP contribution in [0.1, 0.15) is 80.3 Å². The quantitative estimate of drug-likeness (QED) is 0.0775.